The number of rotatable bonds is 5. The van der Waals surface area contributed by atoms with Crippen molar-refractivity contribution in [3.05, 3.63) is 70.3 Å². The molecule has 1 atom stereocenters. The number of nitro benzene ring substituents is 1. The number of ether oxygens (including phenoxy) is 2. The van der Waals surface area contributed by atoms with E-state index in [1.165, 1.54) is 18.2 Å². The quantitative estimate of drug-likeness (QED) is 0.503. The molecule has 0 amide bonds. The highest BCUT2D eigenvalue weighted by molar-refractivity contribution is 7.90. The fraction of sp³-hybridized carbons (Fsp3) is 0.200. The first-order valence-electron chi connectivity index (χ1n) is 8.82. The number of fused-ring (bicyclic) bond motifs is 2. The molecule has 1 N–H and O–H groups in total. The zero-order chi connectivity index (χ0) is 20.6. The third-order valence-corrected chi connectivity index (χ3v) is 6.42. The Bertz CT molecular complexity index is 1200. The number of benzene rings is 3. The van der Waals surface area contributed by atoms with Crippen molar-refractivity contribution in [2.24, 2.45) is 0 Å². The standard InChI is InChI=1S/C20H17NO7S/c22-10-14-11-27-18-9-8-17(21(23)24)16(20(18)28-14)12-29(25,26)19-7-3-5-13-4-1-2-6-15(13)19/h1-9,14,22H,10-12H2. The molecule has 0 aliphatic carbocycles. The second kappa shape index (κ2) is 7.34. The summed E-state index contributed by atoms with van der Waals surface area (Å²) in [6.07, 6.45) is -0.733. The van der Waals surface area contributed by atoms with Crippen molar-refractivity contribution in [1.29, 1.82) is 0 Å². The maximum atomic E-state index is 13.3. The average molecular weight is 415 g/mol. The fourth-order valence-corrected chi connectivity index (χ4v) is 4.98. The summed E-state index contributed by atoms with van der Waals surface area (Å²) in [6, 6.07) is 14.5. The fourth-order valence-electron chi connectivity index (χ4n) is 3.36. The van der Waals surface area contributed by atoms with Gasteiger partial charge in [0, 0.05) is 11.5 Å². The van der Waals surface area contributed by atoms with Gasteiger partial charge in [0.05, 0.1) is 27.7 Å². The zero-order valence-electron chi connectivity index (χ0n) is 15.1. The summed E-state index contributed by atoms with van der Waals surface area (Å²) in [5.74, 6) is -0.445. The van der Waals surface area contributed by atoms with Gasteiger partial charge in [-0.05, 0) is 17.5 Å². The third-order valence-electron chi connectivity index (χ3n) is 4.73. The van der Waals surface area contributed by atoms with E-state index in [1.54, 1.807) is 36.4 Å². The monoisotopic (exact) mass is 415 g/mol. The Morgan fingerprint density at radius 3 is 2.62 bits per heavy atom. The van der Waals surface area contributed by atoms with Gasteiger partial charge >= 0.3 is 0 Å². The summed E-state index contributed by atoms with van der Waals surface area (Å²) in [7, 11) is -3.96. The van der Waals surface area contributed by atoms with Crippen molar-refractivity contribution < 1.29 is 27.9 Å². The van der Waals surface area contributed by atoms with Crippen LogP contribution >= 0.6 is 0 Å². The molecule has 29 heavy (non-hydrogen) atoms. The van der Waals surface area contributed by atoms with E-state index in [9.17, 15) is 23.6 Å². The molecule has 150 valence electrons. The average Bonchev–Trinajstić information content (AvgIpc) is 2.72. The molecule has 0 saturated heterocycles. The Kier molecular flexibility index (Phi) is 4.85. The van der Waals surface area contributed by atoms with Gasteiger partial charge in [-0.1, -0.05) is 36.4 Å². The number of hydrogen-bond acceptors (Lipinski definition) is 7. The summed E-state index contributed by atoms with van der Waals surface area (Å²) >= 11 is 0. The molecular weight excluding hydrogens is 398 g/mol. The minimum absolute atomic E-state index is 0.0201. The van der Waals surface area contributed by atoms with Crippen molar-refractivity contribution in [1.82, 2.24) is 0 Å². The molecule has 1 heterocycles. The predicted octanol–water partition coefficient (Wildman–Crippen LogP) is 2.85. The second-order valence-electron chi connectivity index (χ2n) is 6.62. The van der Waals surface area contributed by atoms with Crippen LogP contribution in [0, 0.1) is 10.1 Å². The van der Waals surface area contributed by atoms with Crippen LogP contribution in [-0.4, -0.2) is 37.8 Å². The van der Waals surface area contributed by atoms with Gasteiger partial charge < -0.3 is 14.6 Å². The highest BCUT2D eigenvalue weighted by Crippen LogP contribution is 2.42. The van der Waals surface area contributed by atoms with Crippen LogP contribution in [0.15, 0.2) is 59.5 Å². The Morgan fingerprint density at radius 2 is 1.86 bits per heavy atom. The second-order valence-corrected chi connectivity index (χ2v) is 8.58. The minimum Gasteiger partial charge on any atom is -0.486 e. The molecule has 1 aliphatic rings. The summed E-state index contributed by atoms with van der Waals surface area (Å²) in [6.45, 7) is -0.297. The van der Waals surface area contributed by atoms with Crippen molar-refractivity contribution in [2.45, 2.75) is 16.8 Å². The highest BCUT2D eigenvalue weighted by atomic mass is 32.2. The first kappa shape index (κ1) is 19.2. The molecule has 1 aliphatic heterocycles. The number of nitrogens with zero attached hydrogens (tertiary/aromatic N) is 1. The highest BCUT2D eigenvalue weighted by Gasteiger charge is 2.32. The number of sulfone groups is 1. The van der Waals surface area contributed by atoms with Crippen molar-refractivity contribution in [3.63, 3.8) is 0 Å². The molecule has 0 saturated carbocycles. The van der Waals surface area contributed by atoms with Gasteiger partial charge in [0.1, 0.15) is 6.61 Å². The molecule has 0 radical (unpaired) electrons. The van der Waals surface area contributed by atoms with Gasteiger partial charge in [-0.3, -0.25) is 10.1 Å². The van der Waals surface area contributed by atoms with Gasteiger partial charge in [-0.15, -0.1) is 0 Å². The summed E-state index contributed by atoms with van der Waals surface area (Å²) in [5, 5.41) is 22.2. The van der Waals surface area contributed by atoms with Crippen LogP contribution in [0.1, 0.15) is 5.56 Å². The molecule has 8 nitrogen and oxygen atoms in total. The van der Waals surface area contributed by atoms with Gasteiger partial charge in [-0.2, -0.15) is 0 Å². The van der Waals surface area contributed by atoms with Gasteiger partial charge in [0.25, 0.3) is 5.69 Å². The number of hydrogen-bond donors (Lipinski definition) is 1. The lowest BCUT2D eigenvalue weighted by molar-refractivity contribution is -0.385. The van der Waals surface area contributed by atoms with E-state index in [2.05, 4.69) is 0 Å². The maximum Gasteiger partial charge on any atom is 0.277 e. The normalized spacial score (nSPS) is 16.0. The molecule has 0 bridgehead atoms. The van der Waals surface area contributed by atoms with Crippen LogP contribution in [0.4, 0.5) is 5.69 Å². The Labute approximate surface area is 166 Å². The van der Waals surface area contributed by atoms with Gasteiger partial charge in [0.15, 0.2) is 27.4 Å². The van der Waals surface area contributed by atoms with Crippen LogP contribution in [0.25, 0.3) is 10.8 Å². The summed E-state index contributed by atoms with van der Waals surface area (Å²) in [4.78, 5) is 11.0. The molecular formula is C20H17NO7S. The molecule has 1 unspecified atom stereocenters. The number of aliphatic hydroxyl groups is 1. The smallest absolute Gasteiger partial charge is 0.277 e. The molecule has 3 aromatic carbocycles. The molecule has 0 aromatic heterocycles. The Morgan fingerprint density at radius 1 is 1.10 bits per heavy atom. The topological polar surface area (TPSA) is 116 Å². The molecule has 0 fully saturated rings. The van der Waals surface area contributed by atoms with Crippen molar-refractivity contribution in [3.8, 4) is 11.5 Å². The van der Waals surface area contributed by atoms with Crippen LogP contribution < -0.4 is 9.47 Å². The van der Waals surface area contributed by atoms with E-state index < -0.39 is 26.6 Å². The Balaban J connectivity index is 1.85. The van der Waals surface area contributed by atoms with Crippen molar-refractivity contribution >= 4 is 26.3 Å². The predicted molar refractivity (Wildman–Crippen MR) is 105 cm³/mol. The molecule has 9 heteroatoms. The summed E-state index contributed by atoms with van der Waals surface area (Å²) in [5.41, 5.74) is -0.478. The summed E-state index contributed by atoms with van der Waals surface area (Å²) < 4.78 is 37.6. The van der Waals surface area contributed by atoms with E-state index in [0.717, 1.165) is 5.39 Å². The number of nitro groups is 1. The van der Waals surface area contributed by atoms with E-state index in [4.69, 9.17) is 9.47 Å². The lowest BCUT2D eigenvalue weighted by Crippen LogP contribution is -2.33. The maximum absolute atomic E-state index is 13.3. The van der Waals surface area contributed by atoms with Crippen LogP contribution in [0.3, 0.4) is 0 Å². The SMILES string of the molecule is O=[N+]([O-])c1ccc2c(c1CS(=O)(=O)c1cccc3ccccc13)OC(CO)CO2. The molecule has 4 rings (SSSR count). The minimum atomic E-state index is -3.96. The van der Waals surface area contributed by atoms with Gasteiger partial charge in [0.2, 0.25) is 0 Å². The molecule has 0 spiro atoms. The zero-order valence-corrected chi connectivity index (χ0v) is 16.0. The first-order chi connectivity index (χ1) is 13.9. The lowest BCUT2D eigenvalue weighted by atomic mass is 10.1. The van der Waals surface area contributed by atoms with Crippen molar-refractivity contribution in [2.75, 3.05) is 13.2 Å². The van der Waals surface area contributed by atoms with E-state index in [1.807, 2.05) is 0 Å². The van der Waals surface area contributed by atoms with Crippen LogP contribution in [0.5, 0.6) is 11.5 Å². The van der Waals surface area contributed by atoms with E-state index in [-0.39, 0.29) is 40.9 Å². The van der Waals surface area contributed by atoms with Crippen LogP contribution in [0.2, 0.25) is 0 Å². The first-order valence-corrected chi connectivity index (χ1v) is 10.5. The van der Waals surface area contributed by atoms with Crippen LogP contribution in [-0.2, 0) is 15.6 Å². The Hall–Kier alpha value is -3.17. The van der Waals surface area contributed by atoms with E-state index in [0.29, 0.717) is 5.39 Å². The lowest BCUT2D eigenvalue weighted by Gasteiger charge is -2.26. The number of aliphatic hydroxyl groups excluding tert-OH is 1. The largest absolute Gasteiger partial charge is 0.486 e. The van der Waals surface area contributed by atoms with E-state index >= 15 is 0 Å². The third kappa shape index (κ3) is 3.50. The molecule has 3 aromatic rings. The van der Waals surface area contributed by atoms with Gasteiger partial charge in [-0.25, -0.2) is 8.42 Å².